The molecule has 6 heteroatoms. The van der Waals surface area contributed by atoms with Crippen molar-refractivity contribution >= 4 is 11.7 Å². The smallest absolute Gasteiger partial charge is 0.225 e. The number of carbonyl (C=O) groups is 1. The molecule has 1 aromatic heterocycles. The molecule has 124 valence electrons. The summed E-state index contributed by atoms with van der Waals surface area (Å²) in [5.74, 6) is 1.90. The quantitative estimate of drug-likeness (QED) is 0.898. The predicted octanol–water partition coefficient (Wildman–Crippen LogP) is 0.903. The average molecular weight is 315 g/mol. The zero-order valence-corrected chi connectivity index (χ0v) is 13.7. The maximum Gasteiger partial charge on any atom is 0.225 e. The van der Waals surface area contributed by atoms with Crippen LogP contribution in [0.1, 0.15) is 26.2 Å². The number of nitrogens with one attached hydrogen (secondary N) is 1. The second-order valence-corrected chi connectivity index (χ2v) is 7.17. The fourth-order valence-corrected chi connectivity index (χ4v) is 4.73. The molecule has 1 spiro atoms. The number of piperidine rings is 1. The number of hydrogen-bond donors (Lipinski definition) is 1. The van der Waals surface area contributed by atoms with Gasteiger partial charge in [-0.2, -0.15) is 0 Å². The fourth-order valence-electron chi connectivity index (χ4n) is 4.73. The van der Waals surface area contributed by atoms with Crippen LogP contribution < -0.4 is 10.2 Å². The zero-order chi connectivity index (χ0) is 15.9. The van der Waals surface area contributed by atoms with E-state index < -0.39 is 0 Å². The van der Waals surface area contributed by atoms with Crippen LogP contribution in [0.4, 0.5) is 5.82 Å². The molecule has 23 heavy (non-hydrogen) atoms. The van der Waals surface area contributed by atoms with Gasteiger partial charge in [-0.15, -0.1) is 0 Å². The summed E-state index contributed by atoms with van der Waals surface area (Å²) in [4.78, 5) is 25.8. The SMILES string of the molecule is CCCN1CC2C(=O)NC3(CCN(c4cnccn4)CC3)C2C1. The van der Waals surface area contributed by atoms with Gasteiger partial charge in [0.25, 0.3) is 0 Å². The highest BCUT2D eigenvalue weighted by Crippen LogP contribution is 2.44. The van der Waals surface area contributed by atoms with E-state index in [1.54, 1.807) is 12.4 Å². The Hall–Kier alpha value is -1.69. The first-order valence-electron chi connectivity index (χ1n) is 8.77. The van der Waals surface area contributed by atoms with Crippen molar-refractivity contribution in [1.29, 1.82) is 0 Å². The number of rotatable bonds is 3. The summed E-state index contributed by atoms with van der Waals surface area (Å²) in [5.41, 5.74) is 0.00293. The minimum Gasteiger partial charge on any atom is -0.355 e. The monoisotopic (exact) mass is 315 g/mol. The lowest BCUT2D eigenvalue weighted by atomic mass is 9.75. The Labute approximate surface area is 137 Å². The van der Waals surface area contributed by atoms with Gasteiger partial charge in [0, 0.05) is 50.0 Å². The molecule has 2 atom stereocenters. The first-order chi connectivity index (χ1) is 11.2. The van der Waals surface area contributed by atoms with E-state index in [2.05, 4.69) is 32.0 Å². The maximum atomic E-state index is 12.5. The van der Waals surface area contributed by atoms with Crippen molar-refractivity contribution in [2.24, 2.45) is 11.8 Å². The topological polar surface area (TPSA) is 61.4 Å². The van der Waals surface area contributed by atoms with Crippen LogP contribution in [-0.2, 0) is 4.79 Å². The summed E-state index contributed by atoms with van der Waals surface area (Å²) in [6, 6.07) is 0. The Balaban J connectivity index is 1.47. The highest BCUT2D eigenvalue weighted by molar-refractivity contribution is 5.83. The molecule has 6 nitrogen and oxygen atoms in total. The van der Waals surface area contributed by atoms with Gasteiger partial charge in [-0.05, 0) is 25.8 Å². The number of aromatic nitrogens is 2. The predicted molar refractivity (Wildman–Crippen MR) is 88.1 cm³/mol. The van der Waals surface area contributed by atoms with Gasteiger partial charge in [0.15, 0.2) is 0 Å². The number of carbonyl (C=O) groups excluding carboxylic acids is 1. The maximum absolute atomic E-state index is 12.5. The molecule has 3 saturated heterocycles. The second kappa shape index (κ2) is 5.74. The minimum atomic E-state index is 0.00293. The highest BCUT2D eigenvalue weighted by atomic mass is 16.2. The molecular formula is C17H25N5O. The molecule has 3 aliphatic heterocycles. The number of amides is 1. The lowest BCUT2D eigenvalue weighted by Crippen LogP contribution is -2.55. The Morgan fingerprint density at radius 3 is 2.83 bits per heavy atom. The Bertz CT molecular complexity index is 570. The third-order valence-corrected chi connectivity index (χ3v) is 5.88. The molecular weight excluding hydrogens is 290 g/mol. The minimum absolute atomic E-state index is 0.00293. The molecule has 3 aliphatic rings. The number of nitrogens with zero attached hydrogens (tertiary/aromatic N) is 4. The van der Waals surface area contributed by atoms with Gasteiger partial charge in [0.05, 0.1) is 12.1 Å². The van der Waals surface area contributed by atoms with Crippen LogP contribution in [0.25, 0.3) is 0 Å². The zero-order valence-electron chi connectivity index (χ0n) is 13.7. The lowest BCUT2D eigenvalue weighted by Gasteiger charge is -2.43. The molecule has 0 aliphatic carbocycles. The van der Waals surface area contributed by atoms with E-state index in [1.807, 2.05) is 6.20 Å². The Kier molecular flexibility index (Phi) is 3.71. The highest BCUT2D eigenvalue weighted by Gasteiger charge is 2.57. The van der Waals surface area contributed by atoms with E-state index in [-0.39, 0.29) is 17.4 Å². The first kappa shape index (κ1) is 14.9. The van der Waals surface area contributed by atoms with E-state index in [9.17, 15) is 4.79 Å². The van der Waals surface area contributed by atoms with Crippen LogP contribution in [0.3, 0.4) is 0 Å². The number of anilines is 1. The van der Waals surface area contributed by atoms with Gasteiger partial charge in [0.2, 0.25) is 5.91 Å². The largest absolute Gasteiger partial charge is 0.355 e. The van der Waals surface area contributed by atoms with Crippen LogP contribution in [0.5, 0.6) is 0 Å². The molecule has 0 bridgehead atoms. The van der Waals surface area contributed by atoms with E-state index >= 15 is 0 Å². The van der Waals surface area contributed by atoms with E-state index in [0.29, 0.717) is 5.92 Å². The Morgan fingerprint density at radius 1 is 1.30 bits per heavy atom. The number of likely N-dealkylation sites (tertiary alicyclic amines) is 1. The van der Waals surface area contributed by atoms with Crippen molar-refractivity contribution in [3.63, 3.8) is 0 Å². The third kappa shape index (κ3) is 2.49. The average Bonchev–Trinajstić information content (AvgIpc) is 3.10. The molecule has 1 N–H and O–H groups in total. The fraction of sp³-hybridized carbons (Fsp3) is 0.706. The van der Waals surface area contributed by atoms with Crippen LogP contribution in [0.15, 0.2) is 18.6 Å². The summed E-state index contributed by atoms with van der Waals surface area (Å²) < 4.78 is 0. The van der Waals surface area contributed by atoms with Crippen LogP contribution in [0, 0.1) is 11.8 Å². The van der Waals surface area contributed by atoms with Gasteiger partial charge >= 0.3 is 0 Å². The van der Waals surface area contributed by atoms with Gasteiger partial charge in [0.1, 0.15) is 5.82 Å². The van der Waals surface area contributed by atoms with Crippen LogP contribution >= 0.6 is 0 Å². The van der Waals surface area contributed by atoms with Crippen molar-refractivity contribution in [1.82, 2.24) is 20.2 Å². The van der Waals surface area contributed by atoms with Crippen molar-refractivity contribution < 1.29 is 4.79 Å². The van der Waals surface area contributed by atoms with E-state index in [0.717, 1.165) is 57.8 Å². The summed E-state index contributed by atoms with van der Waals surface area (Å²) in [6.45, 7) is 7.22. The molecule has 4 heterocycles. The van der Waals surface area contributed by atoms with Gasteiger partial charge in [-0.1, -0.05) is 6.92 Å². The number of fused-ring (bicyclic) bond motifs is 2. The first-order valence-corrected chi connectivity index (χ1v) is 8.77. The summed E-state index contributed by atoms with van der Waals surface area (Å²) >= 11 is 0. The summed E-state index contributed by atoms with van der Waals surface area (Å²) in [5, 5.41) is 3.38. The number of hydrogen-bond acceptors (Lipinski definition) is 5. The molecule has 0 aromatic carbocycles. The lowest BCUT2D eigenvalue weighted by molar-refractivity contribution is -0.123. The van der Waals surface area contributed by atoms with E-state index in [4.69, 9.17) is 0 Å². The molecule has 3 fully saturated rings. The van der Waals surface area contributed by atoms with Gasteiger partial charge < -0.3 is 15.1 Å². The Morgan fingerprint density at radius 2 is 2.13 bits per heavy atom. The van der Waals surface area contributed by atoms with Crippen molar-refractivity contribution in [3.8, 4) is 0 Å². The third-order valence-electron chi connectivity index (χ3n) is 5.88. The molecule has 1 amide bonds. The normalized spacial score (nSPS) is 29.8. The molecule has 1 aromatic rings. The standard InChI is InChI=1S/C17H25N5O/c1-2-7-21-11-13-14(12-21)17(20-16(13)23)3-8-22(9-4-17)15-10-18-5-6-19-15/h5-6,10,13-14H,2-4,7-9,11-12H2,1H3,(H,20,23). The summed E-state index contributed by atoms with van der Waals surface area (Å²) in [6.07, 6.45) is 8.46. The molecule has 0 saturated carbocycles. The van der Waals surface area contributed by atoms with E-state index in [1.165, 1.54) is 0 Å². The van der Waals surface area contributed by atoms with Crippen molar-refractivity contribution in [3.05, 3.63) is 18.6 Å². The van der Waals surface area contributed by atoms with Gasteiger partial charge in [-0.25, -0.2) is 4.98 Å². The van der Waals surface area contributed by atoms with Gasteiger partial charge in [-0.3, -0.25) is 9.78 Å². The van der Waals surface area contributed by atoms with Crippen LogP contribution in [0.2, 0.25) is 0 Å². The molecule has 2 unspecified atom stereocenters. The van der Waals surface area contributed by atoms with Crippen LogP contribution in [-0.4, -0.2) is 59.0 Å². The van der Waals surface area contributed by atoms with Crippen molar-refractivity contribution in [2.75, 3.05) is 37.6 Å². The molecule has 0 radical (unpaired) electrons. The second-order valence-electron chi connectivity index (χ2n) is 7.17. The van der Waals surface area contributed by atoms with Crippen molar-refractivity contribution in [2.45, 2.75) is 31.7 Å². The summed E-state index contributed by atoms with van der Waals surface area (Å²) in [7, 11) is 0. The molecule has 4 rings (SSSR count).